The Hall–Kier alpha value is -1.26. The van der Waals surface area contributed by atoms with Crippen LogP contribution in [0.3, 0.4) is 0 Å². The zero-order valence-corrected chi connectivity index (χ0v) is 12.1. The molecule has 0 aromatic heterocycles. The van der Waals surface area contributed by atoms with Crippen molar-refractivity contribution < 1.29 is 10.0 Å². The summed E-state index contributed by atoms with van der Waals surface area (Å²) in [5, 5.41) is 15.2. The average Bonchev–Trinajstić information content (AvgIpc) is 2.64. The monoisotopic (exact) mass is 269 g/mol. The van der Waals surface area contributed by atoms with E-state index in [1.54, 1.807) is 0 Å². The van der Waals surface area contributed by atoms with Gasteiger partial charge in [0.15, 0.2) is 5.84 Å². The number of nitrogens with zero attached hydrogens (tertiary/aromatic N) is 1. The fraction of sp³-hybridized carbons (Fsp3) is 0.857. The van der Waals surface area contributed by atoms with Crippen molar-refractivity contribution in [2.24, 2.45) is 16.8 Å². The SMILES string of the molecule is CCCC(C)C(=O)NC1(/C(N)=N/O)CCCCCC1. The van der Waals surface area contributed by atoms with Crippen molar-refractivity contribution in [2.45, 2.75) is 70.8 Å². The Morgan fingerprint density at radius 1 is 1.37 bits per heavy atom. The number of rotatable bonds is 5. The third kappa shape index (κ3) is 4.11. The molecule has 1 fully saturated rings. The van der Waals surface area contributed by atoms with Crippen LogP contribution >= 0.6 is 0 Å². The number of nitrogens with one attached hydrogen (secondary N) is 1. The predicted octanol–water partition coefficient (Wildman–Crippen LogP) is 2.38. The number of nitrogens with two attached hydrogens (primary N) is 1. The summed E-state index contributed by atoms with van der Waals surface area (Å²) in [6.45, 7) is 3.99. The molecule has 5 heteroatoms. The first-order chi connectivity index (χ1) is 9.05. The second-order valence-electron chi connectivity index (χ2n) is 5.66. The van der Waals surface area contributed by atoms with Crippen molar-refractivity contribution in [1.82, 2.24) is 5.32 Å². The van der Waals surface area contributed by atoms with E-state index in [9.17, 15) is 4.79 Å². The highest BCUT2D eigenvalue weighted by Gasteiger charge is 2.37. The highest BCUT2D eigenvalue weighted by Crippen LogP contribution is 2.28. The second-order valence-corrected chi connectivity index (χ2v) is 5.66. The van der Waals surface area contributed by atoms with Crippen LogP contribution in [0.4, 0.5) is 0 Å². The van der Waals surface area contributed by atoms with Crippen LogP contribution in [0.25, 0.3) is 0 Å². The molecule has 1 aliphatic carbocycles. The lowest BCUT2D eigenvalue weighted by Gasteiger charge is -2.33. The minimum atomic E-state index is -0.648. The molecule has 1 aliphatic rings. The summed E-state index contributed by atoms with van der Waals surface area (Å²) in [5.41, 5.74) is 5.21. The molecule has 1 atom stereocenters. The van der Waals surface area contributed by atoms with Gasteiger partial charge in [0.25, 0.3) is 0 Å². The molecule has 1 amide bonds. The van der Waals surface area contributed by atoms with E-state index >= 15 is 0 Å². The van der Waals surface area contributed by atoms with Crippen molar-refractivity contribution >= 4 is 11.7 Å². The Bertz CT molecular complexity index is 321. The maximum absolute atomic E-state index is 12.2. The molecule has 0 saturated heterocycles. The third-order valence-corrected chi connectivity index (χ3v) is 4.09. The van der Waals surface area contributed by atoms with Crippen LogP contribution in [-0.4, -0.2) is 22.5 Å². The van der Waals surface area contributed by atoms with E-state index in [-0.39, 0.29) is 17.7 Å². The third-order valence-electron chi connectivity index (χ3n) is 4.09. The zero-order chi connectivity index (χ0) is 14.3. The highest BCUT2D eigenvalue weighted by atomic mass is 16.4. The molecule has 1 unspecified atom stereocenters. The van der Waals surface area contributed by atoms with E-state index in [4.69, 9.17) is 10.9 Å². The Morgan fingerprint density at radius 3 is 2.42 bits per heavy atom. The van der Waals surface area contributed by atoms with Crippen LogP contribution in [0.1, 0.15) is 65.2 Å². The molecular formula is C14H27N3O2. The number of hydrogen-bond acceptors (Lipinski definition) is 3. The molecule has 4 N–H and O–H groups in total. The van der Waals surface area contributed by atoms with Gasteiger partial charge in [-0.2, -0.15) is 0 Å². The van der Waals surface area contributed by atoms with Gasteiger partial charge in [0.05, 0.1) is 0 Å². The van der Waals surface area contributed by atoms with Crippen LogP contribution in [0.2, 0.25) is 0 Å². The van der Waals surface area contributed by atoms with Crippen LogP contribution in [0.5, 0.6) is 0 Å². The van der Waals surface area contributed by atoms with E-state index in [2.05, 4.69) is 17.4 Å². The number of hydrogen-bond donors (Lipinski definition) is 3. The number of oxime groups is 1. The molecule has 1 rings (SSSR count). The highest BCUT2D eigenvalue weighted by molar-refractivity contribution is 5.94. The van der Waals surface area contributed by atoms with Crippen molar-refractivity contribution in [3.63, 3.8) is 0 Å². The van der Waals surface area contributed by atoms with Gasteiger partial charge < -0.3 is 16.3 Å². The summed E-state index contributed by atoms with van der Waals surface area (Å²) in [6.07, 6.45) is 7.63. The average molecular weight is 269 g/mol. The van der Waals surface area contributed by atoms with Gasteiger partial charge in [0.2, 0.25) is 5.91 Å². The first-order valence-corrected chi connectivity index (χ1v) is 7.35. The van der Waals surface area contributed by atoms with E-state index in [1.165, 1.54) is 0 Å². The number of amidine groups is 1. The van der Waals surface area contributed by atoms with Crippen LogP contribution in [0.15, 0.2) is 5.16 Å². The number of amides is 1. The fourth-order valence-corrected chi connectivity index (χ4v) is 2.80. The summed E-state index contributed by atoms with van der Waals surface area (Å²) in [6, 6.07) is 0. The molecule has 110 valence electrons. The molecule has 0 aliphatic heterocycles. The number of carbonyl (C=O) groups excluding carboxylic acids is 1. The fourth-order valence-electron chi connectivity index (χ4n) is 2.80. The first kappa shape index (κ1) is 15.8. The zero-order valence-electron chi connectivity index (χ0n) is 12.1. The molecule has 0 radical (unpaired) electrons. The Labute approximate surface area is 115 Å². The maximum Gasteiger partial charge on any atom is 0.223 e. The van der Waals surface area contributed by atoms with Crippen molar-refractivity contribution in [2.75, 3.05) is 0 Å². The van der Waals surface area contributed by atoms with E-state index < -0.39 is 5.54 Å². The Kier molecular flexibility index (Phi) is 6.12. The molecular weight excluding hydrogens is 242 g/mol. The molecule has 1 saturated carbocycles. The maximum atomic E-state index is 12.2. The minimum Gasteiger partial charge on any atom is -0.409 e. The van der Waals surface area contributed by atoms with Gasteiger partial charge in [0, 0.05) is 5.92 Å². The Morgan fingerprint density at radius 2 is 1.95 bits per heavy atom. The largest absolute Gasteiger partial charge is 0.409 e. The minimum absolute atomic E-state index is 0.00958. The quantitative estimate of drug-likeness (QED) is 0.235. The summed E-state index contributed by atoms with van der Waals surface area (Å²) >= 11 is 0. The van der Waals surface area contributed by atoms with Gasteiger partial charge in [0.1, 0.15) is 5.54 Å². The molecule has 0 aromatic carbocycles. The number of carbonyl (C=O) groups is 1. The summed E-state index contributed by atoms with van der Waals surface area (Å²) in [4.78, 5) is 12.2. The van der Waals surface area contributed by atoms with Gasteiger partial charge in [-0.1, -0.05) is 51.1 Å². The second kappa shape index (κ2) is 7.36. The van der Waals surface area contributed by atoms with Crippen molar-refractivity contribution in [3.05, 3.63) is 0 Å². The molecule has 0 spiro atoms. The molecule has 0 bridgehead atoms. The van der Waals surface area contributed by atoms with Crippen molar-refractivity contribution in [1.29, 1.82) is 0 Å². The summed E-state index contributed by atoms with van der Waals surface area (Å²) in [5.74, 6) is 0.124. The van der Waals surface area contributed by atoms with Gasteiger partial charge >= 0.3 is 0 Å². The standard InChI is InChI=1S/C14H27N3O2/c1-3-8-11(2)12(18)16-14(13(15)17-19)9-6-4-5-7-10-14/h11,19H,3-10H2,1-2H3,(H2,15,17)(H,16,18). The first-order valence-electron chi connectivity index (χ1n) is 7.35. The molecule has 0 heterocycles. The Balaban J connectivity index is 2.82. The van der Waals surface area contributed by atoms with Gasteiger partial charge in [-0.3, -0.25) is 4.79 Å². The van der Waals surface area contributed by atoms with Gasteiger partial charge in [-0.15, -0.1) is 0 Å². The van der Waals surface area contributed by atoms with Gasteiger partial charge in [-0.25, -0.2) is 0 Å². The smallest absolute Gasteiger partial charge is 0.223 e. The summed E-state index contributed by atoms with van der Waals surface area (Å²) < 4.78 is 0. The molecule has 19 heavy (non-hydrogen) atoms. The lowest BCUT2D eigenvalue weighted by atomic mass is 9.87. The van der Waals surface area contributed by atoms with Gasteiger partial charge in [-0.05, 0) is 19.3 Å². The van der Waals surface area contributed by atoms with E-state index in [1.807, 2.05) is 6.92 Å². The lowest BCUT2D eigenvalue weighted by molar-refractivity contribution is -0.126. The summed E-state index contributed by atoms with van der Waals surface area (Å²) in [7, 11) is 0. The predicted molar refractivity (Wildman–Crippen MR) is 76.1 cm³/mol. The normalized spacial score (nSPS) is 21.5. The van der Waals surface area contributed by atoms with Crippen molar-refractivity contribution in [3.8, 4) is 0 Å². The lowest BCUT2D eigenvalue weighted by Crippen LogP contribution is -2.58. The van der Waals surface area contributed by atoms with Crippen LogP contribution in [-0.2, 0) is 4.79 Å². The topological polar surface area (TPSA) is 87.7 Å². The molecule has 5 nitrogen and oxygen atoms in total. The molecule has 0 aromatic rings. The van der Waals surface area contributed by atoms with Crippen LogP contribution in [0, 0.1) is 5.92 Å². The van der Waals surface area contributed by atoms with E-state index in [0.717, 1.165) is 51.4 Å². The van der Waals surface area contributed by atoms with Crippen LogP contribution < -0.4 is 11.1 Å². The van der Waals surface area contributed by atoms with E-state index in [0.29, 0.717) is 0 Å².